The second kappa shape index (κ2) is 4.94. The molecule has 2 fully saturated rings. The fourth-order valence-corrected chi connectivity index (χ4v) is 2.99. The fraction of sp³-hybridized carbons (Fsp3) is 0.667. The minimum atomic E-state index is -3.45. The highest BCUT2D eigenvalue weighted by molar-refractivity contribution is 7.90. The van der Waals surface area contributed by atoms with Gasteiger partial charge in [0.05, 0.1) is 19.3 Å². The minimum absolute atomic E-state index is 0.0382. The van der Waals surface area contributed by atoms with Crippen LogP contribution in [0, 0.1) is 5.92 Å². The molecule has 20 heavy (non-hydrogen) atoms. The number of ether oxygens (including phenoxy) is 3. The third-order valence-corrected chi connectivity index (χ3v) is 4.33. The molecule has 3 rings (SSSR count). The molecule has 0 aromatic carbocycles. The van der Waals surface area contributed by atoms with Crippen molar-refractivity contribution in [2.24, 2.45) is 5.92 Å². The van der Waals surface area contributed by atoms with Crippen LogP contribution in [0.3, 0.4) is 0 Å². The summed E-state index contributed by atoms with van der Waals surface area (Å²) in [7, 11) is -3.45. The van der Waals surface area contributed by atoms with Gasteiger partial charge in [0.2, 0.25) is 20.9 Å². The van der Waals surface area contributed by atoms with Crippen LogP contribution < -0.4 is 4.74 Å². The lowest BCUT2D eigenvalue weighted by atomic mass is 10.0. The number of sulfone groups is 1. The topological polar surface area (TPSA) is 87.6 Å². The van der Waals surface area contributed by atoms with Crippen molar-refractivity contribution in [1.82, 2.24) is 9.97 Å². The zero-order chi connectivity index (χ0) is 14.3. The van der Waals surface area contributed by atoms with Gasteiger partial charge in [-0.3, -0.25) is 0 Å². The number of aromatic nitrogens is 2. The molecular weight excluding hydrogens is 284 g/mol. The van der Waals surface area contributed by atoms with Gasteiger partial charge in [0, 0.05) is 24.4 Å². The molecule has 0 N–H and O–H groups in total. The largest absolute Gasteiger partial charge is 0.469 e. The summed E-state index contributed by atoms with van der Waals surface area (Å²) < 4.78 is 39.9. The maximum Gasteiger partial charge on any atom is 0.250 e. The van der Waals surface area contributed by atoms with Gasteiger partial charge in [-0.25, -0.2) is 13.4 Å². The van der Waals surface area contributed by atoms with Crippen molar-refractivity contribution < 1.29 is 22.6 Å². The summed E-state index contributed by atoms with van der Waals surface area (Å²) in [4.78, 5) is 7.63. The van der Waals surface area contributed by atoms with Gasteiger partial charge in [0.15, 0.2) is 6.10 Å². The van der Waals surface area contributed by atoms with Crippen molar-refractivity contribution in [1.29, 1.82) is 0 Å². The first kappa shape index (κ1) is 13.7. The maximum absolute atomic E-state index is 11.4. The molecule has 1 aromatic heterocycles. The van der Waals surface area contributed by atoms with E-state index in [2.05, 4.69) is 16.9 Å². The highest BCUT2D eigenvalue weighted by Gasteiger charge is 2.47. The Morgan fingerprint density at radius 1 is 1.30 bits per heavy atom. The third kappa shape index (κ3) is 2.50. The Balaban J connectivity index is 1.76. The predicted molar refractivity (Wildman–Crippen MR) is 68.2 cm³/mol. The van der Waals surface area contributed by atoms with Crippen LogP contribution in [-0.4, -0.2) is 56.2 Å². The molecule has 0 bridgehead atoms. The monoisotopic (exact) mass is 300 g/mol. The van der Waals surface area contributed by atoms with Gasteiger partial charge in [-0.2, -0.15) is 4.98 Å². The quantitative estimate of drug-likeness (QED) is 0.729. The van der Waals surface area contributed by atoms with Crippen LogP contribution in [0.4, 0.5) is 0 Å². The number of fused-ring (bicyclic) bond motifs is 1. The molecule has 7 nitrogen and oxygen atoms in total. The summed E-state index contributed by atoms with van der Waals surface area (Å²) in [5.74, 6) is 0.559. The van der Waals surface area contributed by atoms with E-state index >= 15 is 0 Å². The molecule has 110 valence electrons. The summed E-state index contributed by atoms with van der Waals surface area (Å²) in [6, 6.07) is 1.53. The van der Waals surface area contributed by atoms with Crippen molar-refractivity contribution in [2.45, 2.75) is 30.4 Å². The molecular formula is C12H16N2O5S. The van der Waals surface area contributed by atoms with Gasteiger partial charge >= 0.3 is 0 Å². The zero-order valence-corrected chi connectivity index (χ0v) is 12.0. The van der Waals surface area contributed by atoms with Crippen LogP contribution in [0.25, 0.3) is 0 Å². The first-order valence-corrected chi connectivity index (χ1v) is 8.27. The molecule has 2 saturated heterocycles. The van der Waals surface area contributed by atoms with E-state index in [0.29, 0.717) is 19.1 Å². The molecule has 0 amide bonds. The van der Waals surface area contributed by atoms with Gasteiger partial charge in [0.1, 0.15) is 6.10 Å². The number of rotatable bonds is 3. The highest BCUT2D eigenvalue weighted by atomic mass is 32.2. The maximum atomic E-state index is 11.4. The Labute approximate surface area is 117 Å². The number of nitrogens with zero attached hydrogens (tertiary/aromatic N) is 2. The van der Waals surface area contributed by atoms with Crippen LogP contribution in [0.5, 0.6) is 5.88 Å². The molecule has 0 saturated carbocycles. The summed E-state index contributed by atoms with van der Waals surface area (Å²) in [6.07, 6.45) is 2.07. The molecule has 2 aliphatic heterocycles. The summed E-state index contributed by atoms with van der Waals surface area (Å²) in [5.41, 5.74) is 0. The lowest BCUT2D eigenvalue weighted by Gasteiger charge is -2.17. The predicted octanol–water partition coefficient (Wildman–Crippen LogP) is 0.0612. The van der Waals surface area contributed by atoms with Gasteiger partial charge < -0.3 is 14.2 Å². The first-order valence-electron chi connectivity index (χ1n) is 6.38. The van der Waals surface area contributed by atoms with Gasteiger partial charge in [-0.05, 0) is 0 Å². The molecule has 0 unspecified atom stereocenters. The van der Waals surface area contributed by atoms with Gasteiger partial charge in [-0.15, -0.1) is 0 Å². The Kier molecular flexibility index (Phi) is 3.39. The van der Waals surface area contributed by atoms with Crippen molar-refractivity contribution in [3.05, 3.63) is 12.3 Å². The lowest BCUT2D eigenvalue weighted by molar-refractivity contribution is 0.0275. The van der Waals surface area contributed by atoms with Crippen LogP contribution in [0.1, 0.15) is 6.92 Å². The highest BCUT2D eigenvalue weighted by Crippen LogP contribution is 2.32. The second-order valence-corrected chi connectivity index (χ2v) is 7.09. The second-order valence-electron chi connectivity index (χ2n) is 5.18. The standard InChI is InChI=1S/C12H16N2O5S/c1-7-5-17-11-8(6-18-10(7)11)19-9-3-4-13-12(14-9)20(2,15)16/h3-4,7-8,10-11H,5-6H2,1-2H3/t7-,8-,10+,11+/m0/s1. The molecule has 2 aliphatic rings. The Bertz CT molecular complexity index is 606. The minimum Gasteiger partial charge on any atom is -0.469 e. The lowest BCUT2D eigenvalue weighted by Crippen LogP contribution is -2.33. The van der Waals surface area contributed by atoms with Crippen molar-refractivity contribution in [2.75, 3.05) is 19.5 Å². The van der Waals surface area contributed by atoms with Crippen LogP contribution in [0.15, 0.2) is 17.4 Å². The number of hydrogen-bond donors (Lipinski definition) is 0. The Hall–Kier alpha value is -1.25. The van der Waals surface area contributed by atoms with Gasteiger partial charge in [0.25, 0.3) is 0 Å². The van der Waals surface area contributed by atoms with Crippen LogP contribution in [-0.2, 0) is 19.3 Å². The number of hydrogen-bond acceptors (Lipinski definition) is 7. The zero-order valence-electron chi connectivity index (χ0n) is 11.2. The van der Waals surface area contributed by atoms with E-state index in [9.17, 15) is 8.42 Å². The normalized spacial score (nSPS) is 33.1. The summed E-state index contributed by atoms with van der Waals surface area (Å²) in [6.45, 7) is 3.13. The van der Waals surface area contributed by atoms with E-state index in [4.69, 9.17) is 14.2 Å². The molecule has 4 atom stereocenters. The van der Waals surface area contributed by atoms with E-state index in [1.807, 2.05) is 0 Å². The van der Waals surface area contributed by atoms with Crippen molar-refractivity contribution in [3.63, 3.8) is 0 Å². The molecule has 0 radical (unpaired) electrons. The molecule has 0 aliphatic carbocycles. The molecule has 3 heterocycles. The van der Waals surface area contributed by atoms with Crippen LogP contribution >= 0.6 is 0 Å². The third-order valence-electron chi connectivity index (χ3n) is 3.47. The van der Waals surface area contributed by atoms with E-state index in [-0.39, 0.29) is 29.3 Å². The Morgan fingerprint density at radius 3 is 2.80 bits per heavy atom. The van der Waals surface area contributed by atoms with E-state index in [1.165, 1.54) is 12.3 Å². The smallest absolute Gasteiger partial charge is 0.250 e. The molecule has 1 aromatic rings. The van der Waals surface area contributed by atoms with Crippen LogP contribution in [0.2, 0.25) is 0 Å². The van der Waals surface area contributed by atoms with E-state index < -0.39 is 9.84 Å². The first-order chi connectivity index (χ1) is 9.45. The summed E-state index contributed by atoms with van der Waals surface area (Å²) >= 11 is 0. The average molecular weight is 300 g/mol. The molecule has 0 spiro atoms. The van der Waals surface area contributed by atoms with Crippen molar-refractivity contribution in [3.8, 4) is 5.88 Å². The Morgan fingerprint density at radius 2 is 2.05 bits per heavy atom. The van der Waals surface area contributed by atoms with E-state index in [1.54, 1.807) is 0 Å². The van der Waals surface area contributed by atoms with E-state index in [0.717, 1.165) is 6.26 Å². The van der Waals surface area contributed by atoms with Gasteiger partial charge in [-0.1, -0.05) is 6.92 Å². The van der Waals surface area contributed by atoms with Crippen molar-refractivity contribution >= 4 is 9.84 Å². The summed E-state index contributed by atoms with van der Waals surface area (Å²) in [5, 5.41) is -0.244. The SMILES string of the molecule is C[C@H]1CO[C@H]2[C@@H]1OC[C@@H]2Oc1ccnc(S(C)(=O)=O)n1. The average Bonchev–Trinajstić information content (AvgIpc) is 2.94. The fourth-order valence-electron chi connectivity index (χ4n) is 2.48. The molecule has 8 heteroatoms.